The third-order valence-electron chi connectivity index (χ3n) is 9.75. The van der Waals surface area contributed by atoms with Gasteiger partial charge in [-0.05, 0) is 79.8 Å². The molecule has 188 valence electrons. The number of hydrogen-bond donors (Lipinski definition) is 3. The topological polar surface area (TPSA) is 76.7 Å². The molecule has 0 bridgehead atoms. The number of amides is 2. The zero-order valence-electron chi connectivity index (χ0n) is 20.9. The van der Waals surface area contributed by atoms with Gasteiger partial charge in [0.25, 0.3) is 5.91 Å². The fraction of sp³-hybridized carbons (Fsp3) is 0.517. The third-order valence-corrected chi connectivity index (χ3v) is 9.75. The second kappa shape index (κ2) is 8.40. The van der Waals surface area contributed by atoms with Gasteiger partial charge in [0, 0.05) is 43.5 Å². The number of para-hydroxylation sites is 1. The minimum atomic E-state index is -0.286. The van der Waals surface area contributed by atoms with E-state index >= 15 is 0 Å². The Kier molecular flexibility index (Phi) is 5.24. The van der Waals surface area contributed by atoms with Crippen molar-refractivity contribution in [2.75, 3.05) is 38.5 Å². The van der Waals surface area contributed by atoms with E-state index in [0.29, 0.717) is 23.8 Å². The molecular weight excluding hydrogens is 450 g/mol. The molecule has 4 fully saturated rings. The van der Waals surface area contributed by atoms with Crippen LogP contribution in [0.25, 0.3) is 0 Å². The van der Waals surface area contributed by atoms with Gasteiger partial charge in [0.2, 0.25) is 5.91 Å². The van der Waals surface area contributed by atoms with E-state index in [-0.39, 0.29) is 23.3 Å². The number of fused-ring (bicyclic) bond motifs is 3. The molecule has 2 aromatic rings. The van der Waals surface area contributed by atoms with E-state index in [0.717, 1.165) is 56.7 Å². The first-order chi connectivity index (χ1) is 17.5. The summed E-state index contributed by atoms with van der Waals surface area (Å²) in [5, 5.41) is 3.13. The van der Waals surface area contributed by atoms with Crippen LogP contribution in [0, 0.1) is 17.8 Å². The van der Waals surface area contributed by atoms with Crippen molar-refractivity contribution in [3.8, 4) is 0 Å². The van der Waals surface area contributed by atoms with Crippen molar-refractivity contribution < 1.29 is 9.59 Å². The number of hydrogen-bond acceptors (Lipinski definition) is 5. The van der Waals surface area contributed by atoms with Crippen LogP contribution in [0.5, 0.6) is 0 Å². The number of rotatable bonds is 3. The molecule has 3 N–H and O–H groups in total. The van der Waals surface area contributed by atoms with Crippen molar-refractivity contribution in [1.82, 2.24) is 20.7 Å². The van der Waals surface area contributed by atoms with Crippen molar-refractivity contribution in [1.29, 1.82) is 0 Å². The van der Waals surface area contributed by atoms with Gasteiger partial charge in [-0.25, -0.2) is 5.43 Å². The SMILES string of the molecule is CN1CCN(C(=O)c2ccc(C3NNC4CC([C@@H]5C[C@@]56C(=O)Nc5ccccc56)CCC43)cc2)CC1. The van der Waals surface area contributed by atoms with Crippen molar-refractivity contribution in [3.05, 3.63) is 65.2 Å². The van der Waals surface area contributed by atoms with E-state index in [9.17, 15) is 9.59 Å². The van der Waals surface area contributed by atoms with E-state index in [1.165, 1.54) is 17.5 Å². The van der Waals surface area contributed by atoms with E-state index in [2.05, 4.69) is 52.4 Å². The molecule has 1 spiro atoms. The molecule has 4 unspecified atom stereocenters. The summed E-state index contributed by atoms with van der Waals surface area (Å²) in [6.45, 7) is 3.46. The Morgan fingerprint density at radius 1 is 0.972 bits per heavy atom. The minimum Gasteiger partial charge on any atom is -0.336 e. The average molecular weight is 486 g/mol. The Balaban J connectivity index is 1.01. The Morgan fingerprint density at radius 3 is 2.56 bits per heavy atom. The summed E-state index contributed by atoms with van der Waals surface area (Å²) in [6.07, 6.45) is 4.41. The lowest BCUT2D eigenvalue weighted by molar-refractivity contribution is -0.118. The van der Waals surface area contributed by atoms with Gasteiger partial charge in [-0.1, -0.05) is 30.3 Å². The van der Waals surface area contributed by atoms with Gasteiger partial charge in [0.1, 0.15) is 0 Å². The number of carbonyl (C=O) groups excluding carboxylic acids is 2. The second-order valence-electron chi connectivity index (χ2n) is 11.6. The molecule has 0 radical (unpaired) electrons. The van der Waals surface area contributed by atoms with E-state index in [1.807, 2.05) is 29.2 Å². The molecule has 5 aliphatic rings. The van der Waals surface area contributed by atoms with Gasteiger partial charge in [0.15, 0.2) is 0 Å². The maximum atomic E-state index is 13.0. The highest BCUT2D eigenvalue weighted by Gasteiger charge is 2.67. The fourth-order valence-electron chi connectivity index (χ4n) is 7.58. The van der Waals surface area contributed by atoms with Crippen molar-refractivity contribution in [2.45, 2.75) is 43.2 Å². The molecule has 2 amide bonds. The molecule has 2 saturated carbocycles. The van der Waals surface area contributed by atoms with Crippen molar-refractivity contribution >= 4 is 17.5 Å². The van der Waals surface area contributed by atoms with Crippen molar-refractivity contribution in [2.24, 2.45) is 17.8 Å². The number of carbonyl (C=O) groups is 2. The minimum absolute atomic E-state index is 0.140. The maximum Gasteiger partial charge on any atom is 0.253 e. The average Bonchev–Trinajstić information content (AvgIpc) is 3.43. The zero-order valence-corrected chi connectivity index (χ0v) is 20.9. The van der Waals surface area contributed by atoms with Crippen molar-refractivity contribution in [3.63, 3.8) is 0 Å². The molecule has 0 aromatic heterocycles. The van der Waals surface area contributed by atoms with Gasteiger partial charge in [-0.15, -0.1) is 0 Å². The molecule has 2 saturated heterocycles. The number of nitrogens with zero attached hydrogens (tertiary/aromatic N) is 2. The monoisotopic (exact) mass is 485 g/mol. The quantitative estimate of drug-likeness (QED) is 0.623. The van der Waals surface area contributed by atoms with E-state index < -0.39 is 0 Å². The highest BCUT2D eigenvalue weighted by atomic mass is 16.2. The number of piperazine rings is 1. The van der Waals surface area contributed by atoms with Crippen LogP contribution >= 0.6 is 0 Å². The normalized spacial score (nSPS) is 35.4. The molecule has 6 atom stereocenters. The Labute approximate surface area is 212 Å². The Morgan fingerprint density at radius 2 is 1.75 bits per heavy atom. The van der Waals surface area contributed by atoms with Crippen LogP contribution in [0.3, 0.4) is 0 Å². The summed E-state index contributed by atoms with van der Waals surface area (Å²) in [7, 11) is 2.10. The standard InChI is InChI=1S/C29H35N5O2/c1-33-12-14-34(15-13-33)27(35)19-8-6-18(7-9-19)26-21-11-10-20(16-25(21)31-32-26)23-17-29(23)22-4-2-3-5-24(22)30-28(29)36/h2-9,20-21,23,25-26,31-32H,10-17H2,1H3,(H,30,36)/t20?,21?,23-,25?,26?,29-/m0/s1. The number of likely N-dealkylation sites (N-methyl/N-ethyl adjacent to an activating group) is 1. The molecule has 2 aromatic carbocycles. The molecule has 3 heterocycles. The van der Waals surface area contributed by atoms with Crippen LogP contribution in [0.4, 0.5) is 5.69 Å². The maximum absolute atomic E-state index is 13.0. The first-order valence-corrected chi connectivity index (χ1v) is 13.5. The van der Waals surface area contributed by atoms with Gasteiger partial charge >= 0.3 is 0 Å². The summed E-state index contributed by atoms with van der Waals surface area (Å²) in [6, 6.07) is 17.2. The fourth-order valence-corrected chi connectivity index (χ4v) is 7.58. The van der Waals surface area contributed by atoms with Gasteiger partial charge in [-0.3, -0.25) is 15.0 Å². The summed E-state index contributed by atoms with van der Waals surface area (Å²) in [5.41, 5.74) is 11.1. The highest BCUT2D eigenvalue weighted by Crippen LogP contribution is 2.65. The summed E-state index contributed by atoms with van der Waals surface area (Å²) in [5.74, 6) is 1.89. The predicted molar refractivity (Wildman–Crippen MR) is 138 cm³/mol. The van der Waals surface area contributed by atoms with E-state index in [1.54, 1.807) is 0 Å². The van der Waals surface area contributed by atoms with Crippen LogP contribution in [0.2, 0.25) is 0 Å². The molecule has 7 nitrogen and oxygen atoms in total. The van der Waals surface area contributed by atoms with Gasteiger partial charge in [0.05, 0.1) is 11.5 Å². The second-order valence-corrected chi connectivity index (χ2v) is 11.6. The highest BCUT2D eigenvalue weighted by molar-refractivity contribution is 6.08. The molecular formula is C29H35N5O2. The first kappa shape index (κ1) is 22.5. The van der Waals surface area contributed by atoms with Crippen LogP contribution in [-0.2, 0) is 10.2 Å². The first-order valence-electron chi connectivity index (χ1n) is 13.5. The smallest absolute Gasteiger partial charge is 0.253 e. The molecule has 7 heteroatoms. The van der Waals surface area contributed by atoms with Crippen LogP contribution in [-0.4, -0.2) is 60.9 Å². The summed E-state index contributed by atoms with van der Waals surface area (Å²) in [4.78, 5) is 30.1. The summed E-state index contributed by atoms with van der Waals surface area (Å²) >= 11 is 0. The van der Waals surface area contributed by atoms with Gasteiger partial charge in [-0.2, -0.15) is 0 Å². The molecule has 3 aliphatic heterocycles. The number of anilines is 1. The molecule has 36 heavy (non-hydrogen) atoms. The predicted octanol–water partition coefficient (Wildman–Crippen LogP) is 2.92. The lowest BCUT2D eigenvalue weighted by Crippen LogP contribution is -2.47. The lowest BCUT2D eigenvalue weighted by Gasteiger charge is -2.34. The van der Waals surface area contributed by atoms with E-state index in [4.69, 9.17) is 0 Å². The lowest BCUT2D eigenvalue weighted by atomic mass is 9.72. The largest absolute Gasteiger partial charge is 0.336 e. The van der Waals surface area contributed by atoms with Crippen LogP contribution < -0.4 is 16.2 Å². The number of hydrazine groups is 1. The molecule has 2 aliphatic carbocycles. The molecule has 7 rings (SSSR count). The Hall–Kier alpha value is -2.74. The zero-order chi connectivity index (χ0) is 24.4. The summed E-state index contributed by atoms with van der Waals surface area (Å²) < 4.78 is 0. The number of benzene rings is 2. The van der Waals surface area contributed by atoms with Crippen LogP contribution in [0.15, 0.2) is 48.5 Å². The Bertz CT molecular complexity index is 1190. The van der Waals surface area contributed by atoms with Gasteiger partial charge < -0.3 is 15.1 Å². The number of nitrogens with one attached hydrogen (secondary N) is 3. The third kappa shape index (κ3) is 3.44. The van der Waals surface area contributed by atoms with Crippen LogP contribution in [0.1, 0.15) is 53.2 Å².